The monoisotopic (exact) mass is 391 g/mol. The number of para-hydroxylation sites is 2. The average Bonchev–Trinajstić information content (AvgIpc) is 3.06. The molecule has 7 nitrogen and oxygen atoms in total. The first kappa shape index (κ1) is 18.9. The first-order valence-electron chi connectivity index (χ1n) is 9.56. The number of amides is 1. The summed E-state index contributed by atoms with van der Waals surface area (Å²) in [5, 5.41) is 0.504. The summed E-state index contributed by atoms with van der Waals surface area (Å²) in [7, 11) is 0. The predicted octanol–water partition coefficient (Wildman–Crippen LogP) is 2.38. The van der Waals surface area contributed by atoms with Crippen molar-refractivity contribution in [2.75, 3.05) is 11.5 Å². The van der Waals surface area contributed by atoms with Gasteiger partial charge >= 0.3 is 5.97 Å². The van der Waals surface area contributed by atoms with Gasteiger partial charge in [-0.3, -0.25) is 14.4 Å². The van der Waals surface area contributed by atoms with Crippen molar-refractivity contribution in [2.24, 2.45) is 0 Å². The van der Waals surface area contributed by atoms with Gasteiger partial charge in [-0.1, -0.05) is 30.3 Å². The topological polar surface area (TPSA) is 92.4 Å². The summed E-state index contributed by atoms with van der Waals surface area (Å²) in [6, 6.07) is 14.8. The molecule has 0 aliphatic carbocycles. The second-order valence-electron chi connectivity index (χ2n) is 7.14. The Kier molecular flexibility index (Phi) is 5.12. The van der Waals surface area contributed by atoms with Crippen LogP contribution in [0.15, 0.2) is 53.3 Å². The summed E-state index contributed by atoms with van der Waals surface area (Å²) in [5.41, 5.74) is 2.33. The molecule has 0 fully saturated rings. The minimum atomic E-state index is -0.505. The Labute approximate surface area is 167 Å². The molecule has 1 aliphatic heterocycles. The number of aryl methyl sites for hydroxylation is 1. The Morgan fingerprint density at radius 2 is 1.93 bits per heavy atom. The van der Waals surface area contributed by atoms with Crippen molar-refractivity contribution in [3.63, 3.8) is 0 Å². The molecule has 0 saturated carbocycles. The molecule has 1 amide bonds. The number of aromatic amines is 1. The van der Waals surface area contributed by atoms with Gasteiger partial charge in [0.15, 0.2) is 6.61 Å². The van der Waals surface area contributed by atoms with Crippen molar-refractivity contribution < 1.29 is 14.3 Å². The fraction of sp³-hybridized carbons (Fsp3) is 0.273. The lowest BCUT2D eigenvalue weighted by Gasteiger charge is -2.22. The predicted molar refractivity (Wildman–Crippen MR) is 109 cm³/mol. The number of aromatic nitrogens is 2. The molecule has 0 radical (unpaired) electrons. The minimum Gasteiger partial charge on any atom is -0.456 e. The van der Waals surface area contributed by atoms with E-state index in [0.717, 1.165) is 17.7 Å². The standard InChI is InChI=1S/C22H21N3O4/c1-14-12-15-6-2-5-9-18(15)25(14)20(26)13-29-21(27)11-10-19-23-17-8-4-3-7-16(17)22(28)24-19/h2-9,14H,10-13H2,1H3,(H,23,24,28)/t14-/m0/s1. The fourth-order valence-electron chi connectivity index (χ4n) is 3.70. The van der Waals surface area contributed by atoms with Gasteiger partial charge < -0.3 is 14.6 Å². The number of rotatable bonds is 5. The molecule has 0 saturated heterocycles. The van der Waals surface area contributed by atoms with Crippen molar-refractivity contribution in [3.05, 3.63) is 70.3 Å². The second-order valence-corrected chi connectivity index (χ2v) is 7.14. The second kappa shape index (κ2) is 7.87. The molecule has 1 aromatic heterocycles. The summed E-state index contributed by atoms with van der Waals surface area (Å²) in [6.07, 6.45) is 1.05. The van der Waals surface area contributed by atoms with E-state index in [1.807, 2.05) is 31.2 Å². The van der Waals surface area contributed by atoms with Crippen LogP contribution in [0.25, 0.3) is 10.9 Å². The summed E-state index contributed by atoms with van der Waals surface area (Å²) in [5.74, 6) is -0.332. The summed E-state index contributed by atoms with van der Waals surface area (Å²) < 4.78 is 5.17. The third-order valence-corrected chi connectivity index (χ3v) is 5.06. The molecular weight excluding hydrogens is 370 g/mol. The van der Waals surface area contributed by atoms with Crippen LogP contribution in [0.3, 0.4) is 0 Å². The Hall–Kier alpha value is -3.48. The lowest BCUT2D eigenvalue weighted by Crippen LogP contribution is -2.38. The summed E-state index contributed by atoms with van der Waals surface area (Å²) in [4.78, 5) is 45.5. The number of hydrogen-bond acceptors (Lipinski definition) is 5. The van der Waals surface area contributed by atoms with Gasteiger partial charge in [0.2, 0.25) is 0 Å². The number of esters is 1. The van der Waals surface area contributed by atoms with Crippen LogP contribution < -0.4 is 10.5 Å². The highest BCUT2D eigenvalue weighted by atomic mass is 16.5. The quantitative estimate of drug-likeness (QED) is 0.674. The molecule has 4 rings (SSSR count). The number of hydrogen-bond donors (Lipinski definition) is 1. The molecule has 2 heterocycles. The summed E-state index contributed by atoms with van der Waals surface area (Å²) in [6.45, 7) is 1.67. The molecule has 1 N–H and O–H groups in total. The number of carbonyl (C=O) groups is 2. The van der Waals surface area contributed by atoms with Gasteiger partial charge in [-0.2, -0.15) is 0 Å². The molecule has 7 heteroatoms. The van der Waals surface area contributed by atoms with Gasteiger partial charge in [0.25, 0.3) is 11.5 Å². The SMILES string of the molecule is C[C@H]1Cc2ccccc2N1C(=O)COC(=O)CCc1nc2ccccc2c(=O)[nH]1. The fourth-order valence-corrected chi connectivity index (χ4v) is 3.70. The maximum Gasteiger partial charge on any atom is 0.306 e. The van der Waals surface area contributed by atoms with E-state index in [1.165, 1.54) is 0 Å². The van der Waals surface area contributed by atoms with E-state index >= 15 is 0 Å². The number of anilines is 1. The highest BCUT2D eigenvalue weighted by Gasteiger charge is 2.30. The van der Waals surface area contributed by atoms with E-state index in [4.69, 9.17) is 4.74 Å². The number of benzene rings is 2. The van der Waals surface area contributed by atoms with Crippen LogP contribution in [0, 0.1) is 0 Å². The molecular formula is C22H21N3O4. The van der Waals surface area contributed by atoms with Crippen molar-refractivity contribution in [1.29, 1.82) is 0 Å². The van der Waals surface area contributed by atoms with Crippen molar-refractivity contribution in [1.82, 2.24) is 9.97 Å². The van der Waals surface area contributed by atoms with E-state index < -0.39 is 5.97 Å². The summed E-state index contributed by atoms with van der Waals surface area (Å²) >= 11 is 0. The Balaban J connectivity index is 1.34. The van der Waals surface area contributed by atoms with Crippen LogP contribution in [0.1, 0.15) is 24.7 Å². The largest absolute Gasteiger partial charge is 0.456 e. The Morgan fingerprint density at radius 3 is 2.79 bits per heavy atom. The third-order valence-electron chi connectivity index (χ3n) is 5.06. The van der Waals surface area contributed by atoms with Crippen LogP contribution in [0.5, 0.6) is 0 Å². The number of ether oxygens (including phenoxy) is 1. The van der Waals surface area contributed by atoms with E-state index in [-0.39, 0.29) is 37.0 Å². The highest BCUT2D eigenvalue weighted by molar-refractivity contribution is 5.97. The van der Waals surface area contributed by atoms with Crippen LogP contribution >= 0.6 is 0 Å². The first-order valence-corrected chi connectivity index (χ1v) is 9.56. The number of nitrogens with one attached hydrogen (secondary N) is 1. The van der Waals surface area contributed by atoms with E-state index in [2.05, 4.69) is 9.97 Å². The maximum atomic E-state index is 12.6. The van der Waals surface area contributed by atoms with E-state index in [9.17, 15) is 14.4 Å². The number of H-pyrrole nitrogens is 1. The zero-order chi connectivity index (χ0) is 20.4. The van der Waals surface area contributed by atoms with Gasteiger partial charge in [-0.25, -0.2) is 4.98 Å². The minimum absolute atomic E-state index is 0.0285. The van der Waals surface area contributed by atoms with Gasteiger partial charge in [0.1, 0.15) is 5.82 Å². The smallest absolute Gasteiger partial charge is 0.306 e. The normalized spacial score (nSPS) is 15.3. The maximum absolute atomic E-state index is 12.6. The molecule has 1 aliphatic rings. The molecule has 3 aromatic rings. The average molecular weight is 391 g/mol. The number of carbonyl (C=O) groups excluding carboxylic acids is 2. The Morgan fingerprint density at radius 1 is 1.17 bits per heavy atom. The first-order chi connectivity index (χ1) is 14.0. The van der Waals surface area contributed by atoms with Crippen molar-refractivity contribution in [2.45, 2.75) is 32.2 Å². The van der Waals surface area contributed by atoms with Crippen molar-refractivity contribution >= 4 is 28.5 Å². The number of nitrogens with zero attached hydrogens (tertiary/aromatic N) is 2. The number of fused-ring (bicyclic) bond motifs is 2. The lowest BCUT2D eigenvalue weighted by atomic mass is 10.1. The highest BCUT2D eigenvalue weighted by Crippen LogP contribution is 2.31. The lowest BCUT2D eigenvalue weighted by molar-refractivity contribution is -0.147. The van der Waals surface area contributed by atoms with E-state index in [0.29, 0.717) is 16.7 Å². The van der Waals surface area contributed by atoms with Crippen LogP contribution in [-0.4, -0.2) is 34.5 Å². The molecule has 0 unspecified atom stereocenters. The van der Waals surface area contributed by atoms with Crippen LogP contribution in [0.2, 0.25) is 0 Å². The molecule has 0 bridgehead atoms. The van der Waals surface area contributed by atoms with Gasteiger partial charge in [-0.05, 0) is 37.1 Å². The third kappa shape index (κ3) is 3.89. The van der Waals surface area contributed by atoms with Gasteiger partial charge in [0.05, 0.1) is 17.3 Å². The van der Waals surface area contributed by atoms with Gasteiger partial charge in [0, 0.05) is 18.2 Å². The molecule has 0 spiro atoms. The molecule has 29 heavy (non-hydrogen) atoms. The zero-order valence-electron chi connectivity index (χ0n) is 16.1. The van der Waals surface area contributed by atoms with Crippen molar-refractivity contribution in [3.8, 4) is 0 Å². The Bertz CT molecular complexity index is 1140. The van der Waals surface area contributed by atoms with Crippen LogP contribution in [0.4, 0.5) is 5.69 Å². The zero-order valence-corrected chi connectivity index (χ0v) is 16.1. The van der Waals surface area contributed by atoms with E-state index in [1.54, 1.807) is 29.2 Å². The molecule has 148 valence electrons. The molecule has 2 aromatic carbocycles. The van der Waals surface area contributed by atoms with Crippen LogP contribution in [-0.2, 0) is 27.2 Å². The van der Waals surface area contributed by atoms with Gasteiger partial charge in [-0.15, -0.1) is 0 Å². The molecule has 1 atom stereocenters.